The summed E-state index contributed by atoms with van der Waals surface area (Å²) in [7, 11) is 1.33. The lowest BCUT2D eigenvalue weighted by atomic mass is 9.95. The molecule has 1 atom stereocenters. The molecule has 1 aliphatic rings. The van der Waals surface area contributed by atoms with E-state index in [9.17, 15) is 14.0 Å². The number of benzene rings is 3. The number of esters is 1. The zero-order valence-corrected chi connectivity index (χ0v) is 23.6. The van der Waals surface area contributed by atoms with Crippen LogP contribution < -0.4 is 19.6 Å². The second kappa shape index (κ2) is 12.3. The number of allylic oxidation sites excluding steroid dienone is 2. The molecule has 0 radical (unpaired) electrons. The minimum atomic E-state index is -0.650. The standard InChI is InChI=1S/C33H29FN2O4S/c1-4-11-23-18-21(16-17-27(23)40-20-24-14-9-10-15-25(24)34)19-28-31(37)36-30(22-12-7-6-8-13-22)29(32(38)39-3)26(5-2)35-33(36)41-28/h4,6-10,12-19,30H,1,5,11,20H2,2-3H3/b28-19-/t30-/m0/s1. The van der Waals surface area contributed by atoms with Gasteiger partial charge in [0, 0.05) is 5.56 Å². The number of methoxy groups -OCH3 is 1. The van der Waals surface area contributed by atoms with E-state index in [1.165, 1.54) is 24.5 Å². The number of ether oxygens (including phenoxy) is 2. The Balaban J connectivity index is 1.57. The van der Waals surface area contributed by atoms with Gasteiger partial charge in [-0.25, -0.2) is 14.2 Å². The predicted molar refractivity (Wildman–Crippen MR) is 158 cm³/mol. The van der Waals surface area contributed by atoms with E-state index in [0.29, 0.717) is 44.8 Å². The highest BCUT2D eigenvalue weighted by Crippen LogP contribution is 2.31. The summed E-state index contributed by atoms with van der Waals surface area (Å²) in [5.41, 5.74) is 3.64. The fraction of sp³-hybridized carbons (Fsp3) is 0.182. The van der Waals surface area contributed by atoms with Crippen LogP contribution in [0.3, 0.4) is 0 Å². The first-order valence-corrected chi connectivity index (χ1v) is 14.0. The Morgan fingerprint density at radius 1 is 1.10 bits per heavy atom. The largest absolute Gasteiger partial charge is 0.489 e. The van der Waals surface area contributed by atoms with Crippen molar-refractivity contribution in [2.24, 2.45) is 4.99 Å². The third-order valence-electron chi connectivity index (χ3n) is 6.85. The molecule has 1 aromatic heterocycles. The van der Waals surface area contributed by atoms with Crippen LogP contribution in [-0.4, -0.2) is 17.6 Å². The lowest BCUT2D eigenvalue weighted by Crippen LogP contribution is -2.40. The molecule has 0 amide bonds. The van der Waals surface area contributed by atoms with E-state index in [4.69, 9.17) is 14.5 Å². The van der Waals surface area contributed by atoms with E-state index in [0.717, 1.165) is 16.7 Å². The van der Waals surface area contributed by atoms with Gasteiger partial charge in [0.2, 0.25) is 0 Å². The second-order valence-electron chi connectivity index (χ2n) is 9.44. The molecule has 1 aliphatic heterocycles. The fourth-order valence-corrected chi connectivity index (χ4v) is 5.90. The van der Waals surface area contributed by atoms with Crippen LogP contribution in [0.1, 0.15) is 41.6 Å². The van der Waals surface area contributed by atoms with Crippen LogP contribution in [0.2, 0.25) is 0 Å². The van der Waals surface area contributed by atoms with Gasteiger partial charge in [0.1, 0.15) is 18.2 Å². The Hall–Kier alpha value is -4.56. The molecule has 0 fully saturated rings. The number of thiazole rings is 1. The van der Waals surface area contributed by atoms with E-state index >= 15 is 0 Å². The van der Waals surface area contributed by atoms with Gasteiger partial charge in [-0.1, -0.05) is 78.9 Å². The minimum absolute atomic E-state index is 0.0938. The molecule has 8 heteroatoms. The summed E-state index contributed by atoms with van der Waals surface area (Å²) in [5.74, 6) is -0.208. The van der Waals surface area contributed by atoms with Crippen LogP contribution in [0.15, 0.2) is 107 Å². The van der Waals surface area contributed by atoms with Gasteiger partial charge in [0.15, 0.2) is 4.80 Å². The molecule has 0 aliphatic carbocycles. The van der Waals surface area contributed by atoms with E-state index < -0.39 is 12.0 Å². The number of halogens is 1. The molecule has 5 rings (SSSR count). The van der Waals surface area contributed by atoms with E-state index in [-0.39, 0.29) is 18.0 Å². The van der Waals surface area contributed by atoms with E-state index in [2.05, 4.69) is 6.58 Å². The summed E-state index contributed by atoms with van der Waals surface area (Å²) in [6, 6.07) is 20.9. The predicted octanol–water partition coefficient (Wildman–Crippen LogP) is 5.24. The molecule has 0 saturated carbocycles. The van der Waals surface area contributed by atoms with Crippen molar-refractivity contribution in [3.8, 4) is 5.75 Å². The monoisotopic (exact) mass is 568 g/mol. The van der Waals surface area contributed by atoms with Gasteiger partial charge in [-0.05, 0) is 53.8 Å². The van der Waals surface area contributed by atoms with Crippen molar-refractivity contribution < 1.29 is 18.7 Å². The maximum Gasteiger partial charge on any atom is 0.338 e. The summed E-state index contributed by atoms with van der Waals surface area (Å²) >= 11 is 1.28. The third kappa shape index (κ3) is 5.69. The molecule has 208 valence electrons. The van der Waals surface area contributed by atoms with Crippen LogP contribution in [-0.2, 0) is 22.6 Å². The van der Waals surface area contributed by atoms with E-state index in [1.54, 1.807) is 28.8 Å². The van der Waals surface area contributed by atoms with Gasteiger partial charge < -0.3 is 9.47 Å². The topological polar surface area (TPSA) is 69.9 Å². The van der Waals surface area contributed by atoms with Gasteiger partial charge in [-0.2, -0.15) is 0 Å². The van der Waals surface area contributed by atoms with Crippen LogP contribution in [0.4, 0.5) is 4.39 Å². The molecular weight excluding hydrogens is 539 g/mol. The first-order valence-electron chi connectivity index (χ1n) is 13.2. The van der Waals surface area contributed by atoms with Crippen LogP contribution in [0.5, 0.6) is 5.75 Å². The molecular formula is C33H29FN2O4S. The first-order chi connectivity index (χ1) is 19.9. The highest BCUT2D eigenvalue weighted by molar-refractivity contribution is 7.07. The van der Waals surface area contributed by atoms with Gasteiger partial charge >= 0.3 is 5.97 Å². The van der Waals surface area contributed by atoms with Crippen LogP contribution in [0.25, 0.3) is 6.08 Å². The summed E-state index contributed by atoms with van der Waals surface area (Å²) in [4.78, 5) is 32.0. The van der Waals surface area contributed by atoms with Crippen molar-refractivity contribution in [1.82, 2.24) is 4.57 Å². The summed E-state index contributed by atoms with van der Waals surface area (Å²) in [5, 5.41) is 0. The molecule has 0 bridgehead atoms. The molecule has 41 heavy (non-hydrogen) atoms. The lowest BCUT2D eigenvalue weighted by molar-refractivity contribution is -0.136. The van der Waals surface area contributed by atoms with Crippen molar-refractivity contribution in [2.75, 3.05) is 7.11 Å². The van der Waals surface area contributed by atoms with Crippen LogP contribution >= 0.6 is 11.3 Å². The number of carbonyl (C=O) groups is 1. The second-order valence-corrected chi connectivity index (χ2v) is 10.4. The SMILES string of the molecule is C=CCc1cc(/C=c2\sc3n(c2=O)[C@@H](c2ccccc2)C(C(=O)OC)=C(CC)N=3)ccc1OCc1ccccc1F. The maximum absolute atomic E-state index is 14.1. The molecule has 4 aromatic rings. The average molecular weight is 569 g/mol. The number of carbonyl (C=O) groups excluding carboxylic acids is 1. The van der Waals surface area contributed by atoms with Gasteiger partial charge in [0.25, 0.3) is 5.56 Å². The smallest absolute Gasteiger partial charge is 0.338 e. The fourth-order valence-electron chi connectivity index (χ4n) is 4.88. The highest BCUT2D eigenvalue weighted by Gasteiger charge is 2.33. The number of nitrogens with zero attached hydrogens (tertiary/aromatic N) is 2. The molecule has 0 unspecified atom stereocenters. The quantitative estimate of drug-likeness (QED) is 0.205. The Bertz CT molecular complexity index is 1820. The Morgan fingerprint density at radius 3 is 2.56 bits per heavy atom. The zero-order valence-electron chi connectivity index (χ0n) is 22.8. The summed E-state index contributed by atoms with van der Waals surface area (Å²) < 4.78 is 27.2. The van der Waals surface area contributed by atoms with Crippen molar-refractivity contribution >= 4 is 23.4 Å². The molecule has 0 spiro atoms. The number of hydrogen-bond donors (Lipinski definition) is 0. The van der Waals surface area contributed by atoms with Gasteiger partial charge in [-0.15, -0.1) is 6.58 Å². The summed E-state index contributed by atoms with van der Waals surface area (Å²) in [6.07, 6.45) is 4.63. The number of hydrogen-bond acceptors (Lipinski definition) is 6. The first kappa shape index (κ1) is 28.0. The molecule has 2 heterocycles. The van der Waals surface area contributed by atoms with Crippen molar-refractivity contribution in [1.29, 1.82) is 0 Å². The maximum atomic E-state index is 14.1. The molecule has 6 nitrogen and oxygen atoms in total. The molecule has 3 aromatic carbocycles. The average Bonchev–Trinajstić information content (AvgIpc) is 3.30. The Labute approximate surface area is 241 Å². The highest BCUT2D eigenvalue weighted by atomic mass is 32.1. The zero-order chi connectivity index (χ0) is 28.9. The molecule has 0 N–H and O–H groups in total. The van der Waals surface area contributed by atoms with Gasteiger partial charge in [-0.3, -0.25) is 9.36 Å². The Kier molecular flexibility index (Phi) is 8.40. The molecule has 0 saturated heterocycles. The van der Waals surface area contributed by atoms with Crippen molar-refractivity contribution in [2.45, 2.75) is 32.4 Å². The number of fused-ring (bicyclic) bond motifs is 1. The number of aromatic nitrogens is 1. The van der Waals surface area contributed by atoms with Crippen molar-refractivity contribution in [3.63, 3.8) is 0 Å². The lowest BCUT2D eigenvalue weighted by Gasteiger charge is -2.25. The van der Waals surface area contributed by atoms with Crippen molar-refractivity contribution in [3.05, 3.63) is 144 Å². The van der Waals surface area contributed by atoms with E-state index in [1.807, 2.05) is 61.5 Å². The number of rotatable bonds is 9. The normalized spacial score (nSPS) is 14.8. The third-order valence-corrected chi connectivity index (χ3v) is 7.84. The minimum Gasteiger partial charge on any atom is -0.489 e. The summed E-state index contributed by atoms with van der Waals surface area (Å²) in [6.45, 7) is 5.87. The van der Waals surface area contributed by atoms with Gasteiger partial charge in [0.05, 0.1) is 29.0 Å². The Morgan fingerprint density at radius 2 is 1.85 bits per heavy atom. The van der Waals surface area contributed by atoms with Crippen LogP contribution in [0, 0.1) is 5.82 Å².